The number of nitrogens with zero attached hydrogens (tertiary/aromatic N) is 3. The number of para-hydroxylation sites is 3. The first kappa shape index (κ1) is 18.6. The van der Waals surface area contributed by atoms with Crippen molar-refractivity contribution in [3.63, 3.8) is 0 Å². The van der Waals surface area contributed by atoms with Crippen molar-refractivity contribution >= 4 is 39.6 Å². The van der Waals surface area contributed by atoms with E-state index in [1.807, 2.05) is 60.3 Å². The van der Waals surface area contributed by atoms with E-state index in [4.69, 9.17) is 4.98 Å². The molecular weight excluding hydrogens is 368 g/mol. The molecule has 4 aromatic rings. The number of hydrogen-bond donors (Lipinski definition) is 1. The first-order chi connectivity index (χ1) is 13.7. The molecule has 0 spiro atoms. The monoisotopic (exact) mass is 392 g/mol. The van der Waals surface area contributed by atoms with Crippen LogP contribution in [0, 0.1) is 0 Å². The largest absolute Gasteiger partial charge is 0.345 e. The lowest BCUT2D eigenvalue weighted by Crippen LogP contribution is -2.33. The highest BCUT2D eigenvalue weighted by atomic mass is 32.2. The molecule has 0 saturated carbocycles. The molecule has 144 valence electrons. The normalized spacial score (nSPS) is 12.5. The van der Waals surface area contributed by atoms with E-state index >= 15 is 0 Å². The van der Waals surface area contributed by atoms with Crippen LogP contribution in [-0.4, -0.2) is 32.0 Å². The zero-order valence-electron chi connectivity index (χ0n) is 16.1. The molecule has 0 radical (unpaired) electrons. The van der Waals surface area contributed by atoms with E-state index in [1.54, 1.807) is 11.8 Å². The first-order valence-corrected chi connectivity index (χ1v) is 10.8. The van der Waals surface area contributed by atoms with Crippen LogP contribution in [0.1, 0.15) is 18.3 Å². The highest BCUT2D eigenvalue weighted by Crippen LogP contribution is 2.23. The first-order valence-electron chi connectivity index (χ1n) is 9.41. The second-order valence-electron chi connectivity index (χ2n) is 6.92. The molecule has 1 amide bonds. The predicted octanol–water partition coefficient (Wildman–Crippen LogP) is 4.14. The van der Waals surface area contributed by atoms with E-state index in [2.05, 4.69) is 28.3 Å². The number of aromatic nitrogens is 3. The highest BCUT2D eigenvalue weighted by molar-refractivity contribution is 7.98. The zero-order chi connectivity index (χ0) is 19.5. The van der Waals surface area contributed by atoms with Crippen molar-refractivity contribution in [3.05, 3.63) is 66.6 Å². The van der Waals surface area contributed by atoms with E-state index < -0.39 is 0 Å². The summed E-state index contributed by atoms with van der Waals surface area (Å²) in [5.74, 6) is 1.86. The maximum Gasteiger partial charge on any atom is 0.240 e. The summed E-state index contributed by atoms with van der Waals surface area (Å²) in [5.41, 5.74) is 3.11. The van der Waals surface area contributed by atoms with Crippen LogP contribution in [0.4, 0.5) is 0 Å². The number of benzene rings is 2. The number of nitrogens with one attached hydrogen (secondary N) is 1. The van der Waals surface area contributed by atoms with Crippen LogP contribution in [0.15, 0.2) is 60.8 Å². The molecular formula is C22H24N4OS. The Hall–Kier alpha value is -2.73. The number of carbonyl (C=O) groups is 1. The SMILES string of the molecule is CSCCC(NC(=O)Cn1ccc2ccccc21)c1nc2ccccc2n1C. The summed E-state index contributed by atoms with van der Waals surface area (Å²) in [4.78, 5) is 17.6. The Morgan fingerprint density at radius 3 is 2.64 bits per heavy atom. The standard InChI is InChI=1S/C22H24N4OS/c1-25-20-10-6-4-8-17(20)24-22(25)18(12-14-28-2)23-21(27)15-26-13-11-16-7-3-5-9-19(16)26/h3-11,13,18H,12,14-15H2,1-2H3,(H,23,27). The topological polar surface area (TPSA) is 51.9 Å². The van der Waals surface area contributed by atoms with Gasteiger partial charge in [-0.05, 0) is 48.1 Å². The van der Waals surface area contributed by atoms with Gasteiger partial charge in [-0.3, -0.25) is 4.79 Å². The summed E-state index contributed by atoms with van der Waals surface area (Å²) in [6.45, 7) is 0.299. The van der Waals surface area contributed by atoms with Crippen molar-refractivity contribution in [2.45, 2.75) is 19.0 Å². The summed E-state index contributed by atoms with van der Waals surface area (Å²) in [7, 11) is 2.02. The Labute approximate surface area is 168 Å². The zero-order valence-corrected chi connectivity index (χ0v) is 16.9. The smallest absolute Gasteiger partial charge is 0.240 e. The van der Waals surface area contributed by atoms with Crippen LogP contribution in [0.5, 0.6) is 0 Å². The average molecular weight is 393 g/mol. The van der Waals surface area contributed by atoms with Crippen molar-refractivity contribution in [1.29, 1.82) is 0 Å². The number of thioether (sulfide) groups is 1. The van der Waals surface area contributed by atoms with Crippen LogP contribution in [0.25, 0.3) is 21.9 Å². The van der Waals surface area contributed by atoms with Gasteiger partial charge in [-0.2, -0.15) is 11.8 Å². The Bertz CT molecular complexity index is 1110. The Kier molecular flexibility index (Phi) is 5.39. The van der Waals surface area contributed by atoms with Gasteiger partial charge in [-0.15, -0.1) is 0 Å². The molecule has 0 bridgehead atoms. The number of rotatable bonds is 7. The van der Waals surface area contributed by atoms with Crippen LogP contribution < -0.4 is 5.32 Å². The van der Waals surface area contributed by atoms with Crippen LogP contribution in [0.2, 0.25) is 0 Å². The molecule has 2 aromatic heterocycles. The maximum atomic E-state index is 12.9. The van der Waals surface area contributed by atoms with Gasteiger partial charge in [-0.25, -0.2) is 4.98 Å². The second-order valence-corrected chi connectivity index (χ2v) is 7.91. The van der Waals surface area contributed by atoms with E-state index in [9.17, 15) is 4.79 Å². The molecule has 4 rings (SSSR count). The van der Waals surface area contributed by atoms with Gasteiger partial charge in [-0.1, -0.05) is 30.3 Å². The van der Waals surface area contributed by atoms with E-state index in [0.29, 0.717) is 6.54 Å². The summed E-state index contributed by atoms with van der Waals surface area (Å²) < 4.78 is 4.08. The van der Waals surface area contributed by atoms with Gasteiger partial charge >= 0.3 is 0 Å². The number of imidazole rings is 1. The molecule has 1 atom stereocenters. The van der Waals surface area contributed by atoms with Gasteiger partial charge in [0.1, 0.15) is 12.4 Å². The van der Waals surface area contributed by atoms with Crippen LogP contribution in [-0.2, 0) is 18.4 Å². The van der Waals surface area contributed by atoms with E-state index in [1.165, 1.54) is 0 Å². The van der Waals surface area contributed by atoms with Crippen LogP contribution >= 0.6 is 11.8 Å². The third-order valence-electron chi connectivity index (χ3n) is 5.07. The molecule has 0 fully saturated rings. The third kappa shape index (κ3) is 3.64. The van der Waals surface area contributed by atoms with Crippen molar-refractivity contribution in [2.24, 2.45) is 7.05 Å². The molecule has 0 aliphatic heterocycles. The Balaban J connectivity index is 1.57. The molecule has 6 heteroatoms. The second kappa shape index (κ2) is 8.10. The average Bonchev–Trinajstić information content (AvgIpc) is 3.27. The van der Waals surface area contributed by atoms with E-state index in [-0.39, 0.29) is 11.9 Å². The Morgan fingerprint density at radius 2 is 1.86 bits per heavy atom. The quantitative estimate of drug-likeness (QED) is 0.514. The number of hydrogen-bond acceptors (Lipinski definition) is 3. The van der Waals surface area contributed by atoms with Gasteiger partial charge in [0.05, 0.1) is 17.1 Å². The molecule has 0 aliphatic carbocycles. The fraction of sp³-hybridized carbons (Fsp3) is 0.273. The fourth-order valence-electron chi connectivity index (χ4n) is 3.65. The minimum absolute atomic E-state index is 0.000452. The minimum atomic E-state index is -0.112. The summed E-state index contributed by atoms with van der Waals surface area (Å²) in [6.07, 6.45) is 4.90. The molecule has 28 heavy (non-hydrogen) atoms. The molecule has 2 heterocycles. The lowest BCUT2D eigenvalue weighted by atomic mass is 10.2. The van der Waals surface area contributed by atoms with E-state index in [0.717, 1.165) is 39.9 Å². The molecule has 5 nitrogen and oxygen atoms in total. The summed E-state index contributed by atoms with van der Waals surface area (Å²) in [6, 6.07) is 18.1. The predicted molar refractivity (Wildman–Crippen MR) is 117 cm³/mol. The van der Waals surface area contributed by atoms with Crippen molar-refractivity contribution in [2.75, 3.05) is 12.0 Å². The van der Waals surface area contributed by atoms with Gasteiger partial charge in [0.15, 0.2) is 0 Å². The maximum absolute atomic E-state index is 12.9. The summed E-state index contributed by atoms with van der Waals surface area (Å²) >= 11 is 1.78. The highest BCUT2D eigenvalue weighted by Gasteiger charge is 2.21. The molecule has 0 saturated heterocycles. The molecule has 2 aromatic carbocycles. The number of amides is 1. The molecule has 0 aliphatic rings. The minimum Gasteiger partial charge on any atom is -0.345 e. The van der Waals surface area contributed by atoms with Gasteiger partial charge in [0, 0.05) is 18.8 Å². The Morgan fingerprint density at radius 1 is 1.11 bits per heavy atom. The van der Waals surface area contributed by atoms with Crippen molar-refractivity contribution in [1.82, 2.24) is 19.4 Å². The van der Waals surface area contributed by atoms with Crippen LogP contribution in [0.3, 0.4) is 0 Å². The molecule has 1 unspecified atom stereocenters. The number of fused-ring (bicyclic) bond motifs is 2. The van der Waals surface area contributed by atoms with Gasteiger partial charge < -0.3 is 14.5 Å². The van der Waals surface area contributed by atoms with Gasteiger partial charge in [0.25, 0.3) is 0 Å². The molecule has 1 N–H and O–H groups in total. The number of carbonyl (C=O) groups excluding carboxylic acids is 1. The van der Waals surface area contributed by atoms with Crippen molar-refractivity contribution < 1.29 is 4.79 Å². The van der Waals surface area contributed by atoms with Crippen molar-refractivity contribution in [3.8, 4) is 0 Å². The third-order valence-corrected chi connectivity index (χ3v) is 5.72. The summed E-state index contributed by atoms with van der Waals surface area (Å²) in [5, 5.41) is 4.36. The lowest BCUT2D eigenvalue weighted by molar-refractivity contribution is -0.122. The lowest BCUT2D eigenvalue weighted by Gasteiger charge is -2.19. The van der Waals surface area contributed by atoms with Gasteiger partial charge in [0.2, 0.25) is 5.91 Å². The fourth-order valence-corrected chi connectivity index (χ4v) is 4.12. The number of aryl methyl sites for hydroxylation is 1.